The first-order chi connectivity index (χ1) is 7.95. The van der Waals surface area contributed by atoms with Crippen molar-refractivity contribution in [3.63, 3.8) is 0 Å². The average Bonchev–Trinajstić information content (AvgIpc) is 2.62. The van der Waals surface area contributed by atoms with Gasteiger partial charge in [-0.15, -0.1) is 5.10 Å². The molecule has 2 aromatic rings. The van der Waals surface area contributed by atoms with Crippen LogP contribution in [0.2, 0.25) is 0 Å². The van der Waals surface area contributed by atoms with Gasteiger partial charge in [0.15, 0.2) is 0 Å². The minimum absolute atomic E-state index is 0.193. The lowest BCUT2D eigenvalue weighted by molar-refractivity contribution is 0.364. The summed E-state index contributed by atoms with van der Waals surface area (Å²) >= 11 is 2.96. The molecular weight excluding hydrogens is 345 g/mol. The maximum atomic E-state index is 12.4. The second kappa shape index (κ2) is 3.23. The molecule has 2 rings (SSSR count). The Morgan fingerprint density at radius 3 is 1.94 bits per heavy atom. The highest BCUT2D eigenvalue weighted by Crippen LogP contribution is 3.02. The number of aromatic nitrogens is 3. The van der Waals surface area contributed by atoms with Crippen LogP contribution >= 0.6 is 26.2 Å². The van der Waals surface area contributed by atoms with Gasteiger partial charge >= 0.3 is 10.2 Å². The third kappa shape index (κ3) is 2.80. The van der Waals surface area contributed by atoms with Gasteiger partial charge in [0.1, 0.15) is 11.2 Å². The lowest BCUT2D eigenvalue weighted by Crippen LogP contribution is -2.06. The van der Waals surface area contributed by atoms with E-state index in [1.165, 1.54) is 6.33 Å². The molecule has 0 spiro atoms. The van der Waals surface area contributed by atoms with Crippen LogP contribution in [0, 0.1) is 0 Å². The zero-order valence-corrected chi connectivity index (χ0v) is 10.8. The third-order valence-electron chi connectivity index (χ3n) is 2.01. The van der Waals surface area contributed by atoms with Crippen LogP contribution in [0.5, 0.6) is 0 Å². The maximum absolute atomic E-state index is 12.4. The van der Waals surface area contributed by atoms with E-state index in [9.17, 15) is 19.4 Å². The lowest BCUT2D eigenvalue weighted by Gasteiger charge is -2.40. The van der Waals surface area contributed by atoms with Crippen LogP contribution in [-0.2, 0) is 0 Å². The van der Waals surface area contributed by atoms with Crippen molar-refractivity contribution in [3.8, 4) is 5.69 Å². The van der Waals surface area contributed by atoms with Crippen molar-refractivity contribution in [2.75, 3.05) is 0 Å². The van der Waals surface area contributed by atoms with Crippen LogP contribution in [0.25, 0.3) is 5.69 Å². The predicted octanol–water partition coefficient (Wildman–Crippen LogP) is 4.69. The van der Waals surface area contributed by atoms with E-state index in [2.05, 4.69) is 26.0 Å². The van der Waals surface area contributed by atoms with Gasteiger partial charge in [-0.3, -0.25) is 0 Å². The van der Waals surface area contributed by atoms with Gasteiger partial charge in [0.2, 0.25) is 4.73 Å². The fraction of sp³-hybridized carbons (Fsp3) is 0. The minimum Gasteiger partial charge on any atom is -0.220 e. The van der Waals surface area contributed by atoms with Gasteiger partial charge < -0.3 is 0 Å². The van der Waals surface area contributed by atoms with E-state index in [0.29, 0.717) is 12.1 Å². The third-order valence-corrected chi connectivity index (χ3v) is 3.54. The van der Waals surface area contributed by atoms with Gasteiger partial charge in [0.05, 0.1) is 5.69 Å². The van der Waals surface area contributed by atoms with Crippen molar-refractivity contribution < 1.29 is 19.4 Å². The van der Waals surface area contributed by atoms with Gasteiger partial charge in [-0.2, -0.15) is 0 Å². The molecule has 1 aromatic carbocycles. The molecule has 0 fully saturated rings. The van der Waals surface area contributed by atoms with E-state index in [1.807, 2.05) is 0 Å². The number of nitrogens with zero attached hydrogens (tertiary/aromatic N) is 3. The van der Waals surface area contributed by atoms with Crippen LogP contribution in [0.4, 0.5) is 19.4 Å². The van der Waals surface area contributed by atoms with Crippen LogP contribution < -0.4 is 0 Å². The Kier molecular flexibility index (Phi) is 2.39. The minimum atomic E-state index is -9.61. The molecule has 100 valence electrons. The van der Waals surface area contributed by atoms with E-state index in [-0.39, 0.29) is 10.4 Å². The quantitative estimate of drug-likeness (QED) is 0.736. The SMILES string of the molecule is FS(F)(F)(F)(F)c1ccc(-n2cnc(Br)n2)cc1. The highest BCUT2D eigenvalue weighted by molar-refractivity contribution is 9.10. The van der Waals surface area contributed by atoms with E-state index in [4.69, 9.17) is 0 Å². The van der Waals surface area contributed by atoms with E-state index in [1.54, 1.807) is 0 Å². The van der Waals surface area contributed by atoms with Gasteiger partial charge in [-0.05, 0) is 40.2 Å². The molecule has 3 nitrogen and oxygen atoms in total. The van der Waals surface area contributed by atoms with Crippen LogP contribution in [0.3, 0.4) is 0 Å². The van der Waals surface area contributed by atoms with Crippen molar-refractivity contribution in [1.29, 1.82) is 0 Å². The molecule has 0 saturated carbocycles. The smallest absolute Gasteiger partial charge is 0.220 e. The summed E-state index contributed by atoms with van der Waals surface area (Å²) in [5, 5.41) is 3.77. The van der Waals surface area contributed by atoms with Crippen molar-refractivity contribution in [2.24, 2.45) is 0 Å². The zero-order valence-electron chi connectivity index (χ0n) is 8.40. The van der Waals surface area contributed by atoms with Gasteiger partial charge in [-0.25, -0.2) is 9.67 Å². The van der Waals surface area contributed by atoms with Crippen LogP contribution in [0.15, 0.2) is 40.2 Å². The second-order valence-corrected chi connectivity index (χ2v) is 6.54. The van der Waals surface area contributed by atoms with Crippen LogP contribution in [0.1, 0.15) is 0 Å². The topological polar surface area (TPSA) is 30.7 Å². The summed E-state index contributed by atoms with van der Waals surface area (Å²) < 4.78 is 63.6. The number of halogens is 6. The lowest BCUT2D eigenvalue weighted by atomic mass is 10.3. The number of hydrogen-bond acceptors (Lipinski definition) is 2. The van der Waals surface area contributed by atoms with Gasteiger partial charge in [-0.1, -0.05) is 19.4 Å². The van der Waals surface area contributed by atoms with Gasteiger partial charge in [0, 0.05) is 0 Å². The average molecular weight is 350 g/mol. The summed E-state index contributed by atoms with van der Waals surface area (Å²) in [7, 11) is -9.61. The zero-order chi connectivity index (χ0) is 13.7. The molecule has 0 amide bonds. The standard InChI is InChI=1S/C8H5BrF5N3S/c9-8-15-5-17(16-8)6-1-3-7(4-2-6)18(10,11,12,13)14/h1-5H. The Morgan fingerprint density at radius 1 is 1.00 bits per heavy atom. The molecule has 0 radical (unpaired) electrons. The summed E-state index contributed by atoms with van der Waals surface area (Å²) in [6.07, 6.45) is 1.23. The fourth-order valence-corrected chi connectivity index (χ4v) is 2.14. The van der Waals surface area contributed by atoms with E-state index >= 15 is 0 Å². The summed E-state index contributed by atoms with van der Waals surface area (Å²) in [5.41, 5.74) is 0.193. The molecule has 18 heavy (non-hydrogen) atoms. The van der Waals surface area contributed by atoms with Crippen molar-refractivity contribution in [3.05, 3.63) is 35.3 Å². The first-order valence-electron chi connectivity index (χ1n) is 4.37. The Bertz CT molecular complexity index is 591. The first kappa shape index (κ1) is 13.3. The molecule has 0 aliphatic rings. The normalized spacial score (nSPS) is 16.1. The highest BCUT2D eigenvalue weighted by atomic mass is 79.9. The van der Waals surface area contributed by atoms with E-state index < -0.39 is 15.1 Å². The molecule has 0 atom stereocenters. The second-order valence-electron chi connectivity index (χ2n) is 3.42. The van der Waals surface area contributed by atoms with Gasteiger partial charge in [0.25, 0.3) is 0 Å². The van der Waals surface area contributed by atoms with E-state index in [0.717, 1.165) is 16.8 Å². The van der Waals surface area contributed by atoms with Crippen LogP contribution in [-0.4, -0.2) is 14.8 Å². The Balaban J connectivity index is 2.44. The Morgan fingerprint density at radius 2 is 1.56 bits per heavy atom. The molecule has 0 aliphatic carbocycles. The van der Waals surface area contributed by atoms with Crippen molar-refractivity contribution in [1.82, 2.24) is 14.8 Å². The van der Waals surface area contributed by atoms with Crippen molar-refractivity contribution in [2.45, 2.75) is 4.90 Å². The molecule has 10 heteroatoms. The summed E-state index contributed by atoms with van der Waals surface area (Å²) in [6, 6.07) is 2.45. The molecule has 0 unspecified atom stereocenters. The number of benzene rings is 1. The molecule has 1 aromatic heterocycles. The summed E-state index contributed by atoms with van der Waals surface area (Å²) in [6.45, 7) is 0. The fourth-order valence-electron chi connectivity index (χ4n) is 1.22. The van der Waals surface area contributed by atoms with Crippen molar-refractivity contribution >= 4 is 26.2 Å². The molecule has 0 saturated heterocycles. The number of hydrogen-bond donors (Lipinski definition) is 0. The maximum Gasteiger partial charge on any atom is 0.310 e. The molecule has 0 aliphatic heterocycles. The summed E-state index contributed by atoms with van der Waals surface area (Å²) in [5.74, 6) is 0. The Labute approximate surface area is 106 Å². The Hall–Kier alpha value is -1.16. The molecule has 0 bridgehead atoms. The highest BCUT2D eigenvalue weighted by Gasteiger charge is 2.65. The predicted molar refractivity (Wildman–Crippen MR) is 60.5 cm³/mol. The molecular formula is C8H5BrF5N3S. The largest absolute Gasteiger partial charge is 0.310 e. The molecule has 0 N–H and O–H groups in total. The monoisotopic (exact) mass is 349 g/mol. The summed E-state index contributed by atoms with van der Waals surface area (Å²) in [4.78, 5) is 1.76. The molecule has 1 heterocycles. The first-order valence-corrected chi connectivity index (χ1v) is 7.12. The number of rotatable bonds is 2.